The molecule has 0 aliphatic carbocycles. The van der Waals surface area contributed by atoms with Crippen molar-refractivity contribution in [3.8, 4) is 0 Å². The summed E-state index contributed by atoms with van der Waals surface area (Å²) in [5.41, 5.74) is -0.494. The van der Waals surface area contributed by atoms with Crippen molar-refractivity contribution in [3.05, 3.63) is 0 Å². The number of amides is 1. The molecule has 4 heteroatoms. The van der Waals surface area contributed by atoms with E-state index < -0.39 is 5.54 Å². The van der Waals surface area contributed by atoms with Crippen molar-refractivity contribution in [1.82, 2.24) is 15.5 Å². The Morgan fingerprint density at radius 2 is 1.84 bits per heavy atom. The predicted molar refractivity (Wildman–Crippen MR) is 80.2 cm³/mol. The quantitative estimate of drug-likeness (QED) is 0.797. The Morgan fingerprint density at radius 3 is 2.37 bits per heavy atom. The van der Waals surface area contributed by atoms with Crippen LogP contribution in [0.1, 0.15) is 48.5 Å². The van der Waals surface area contributed by atoms with E-state index in [0.29, 0.717) is 12.0 Å². The van der Waals surface area contributed by atoms with Crippen LogP contribution in [0, 0.1) is 5.92 Å². The summed E-state index contributed by atoms with van der Waals surface area (Å²) in [5.74, 6) is 0.817. The van der Waals surface area contributed by atoms with Crippen molar-refractivity contribution < 1.29 is 4.79 Å². The Bertz CT molecular complexity index is 323. The van der Waals surface area contributed by atoms with Crippen LogP contribution in [-0.2, 0) is 4.79 Å². The van der Waals surface area contributed by atoms with Gasteiger partial charge in [0.1, 0.15) is 0 Å². The molecule has 0 radical (unpaired) electrons. The second kappa shape index (κ2) is 5.80. The van der Waals surface area contributed by atoms with Crippen LogP contribution in [0.25, 0.3) is 0 Å². The molecule has 0 aromatic heterocycles. The molecule has 1 unspecified atom stereocenters. The summed E-state index contributed by atoms with van der Waals surface area (Å²) in [5, 5.41) is 6.91. The van der Waals surface area contributed by atoms with Gasteiger partial charge in [0.15, 0.2) is 0 Å². The molecule has 112 valence electrons. The molecule has 1 fully saturated rings. The van der Waals surface area contributed by atoms with Crippen LogP contribution < -0.4 is 10.6 Å². The third-order valence-corrected chi connectivity index (χ3v) is 3.91. The molecule has 1 heterocycles. The van der Waals surface area contributed by atoms with Gasteiger partial charge in [0.05, 0.1) is 5.54 Å². The van der Waals surface area contributed by atoms with Gasteiger partial charge in [-0.15, -0.1) is 0 Å². The third-order valence-electron chi connectivity index (χ3n) is 3.91. The molecule has 2 N–H and O–H groups in total. The maximum atomic E-state index is 12.4. The van der Waals surface area contributed by atoms with Crippen LogP contribution >= 0.6 is 0 Å². The number of hydrogen-bond donors (Lipinski definition) is 2. The van der Waals surface area contributed by atoms with Crippen LogP contribution in [-0.4, -0.2) is 47.6 Å². The Morgan fingerprint density at radius 1 is 1.26 bits per heavy atom. The number of hydrogen-bond acceptors (Lipinski definition) is 3. The Hall–Kier alpha value is -0.610. The van der Waals surface area contributed by atoms with Crippen LogP contribution in [0.4, 0.5) is 0 Å². The molecule has 19 heavy (non-hydrogen) atoms. The molecular weight excluding hydrogens is 238 g/mol. The summed E-state index contributed by atoms with van der Waals surface area (Å²) in [6.07, 6.45) is 0. The van der Waals surface area contributed by atoms with E-state index in [1.54, 1.807) is 0 Å². The molecule has 0 bridgehead atoms. The molecule has 1 saturated heterocycles. The number of nitrogens with one attached hydrogen (secondary N) is 2. The van der Waals surface area contributed by atoms with E-state index in [9.17, 15) is 4.79 Å². The van der Waals surface area contributed by atoms with Crippen LogP contribution in [0.5, 0.6) is 0 Å². The standard InChI is InChI=1S/C15H31N3O/c1-11(2)12(3)16-8-9-18-10-14(4,5)17-15(6,7)13(18)19/h11-12,16-17H,8-10H2,1-7H3. The second-order valence-electron chi connectivity index (χ2n) is 7.35. The van der Waals surface area contributed by atoms with E-state index >= 15 is 0 Å². The zero-order valence-electron chi connectivity index (χ0n) is 13.6. The first kappa shape index (κ1) is 16.4. The number of rotatable bonds is 5. The number of piperazine rings is 1. The molecule has 0 aromatic rings. The smallest absolute Gasteiger partial charge is 0.242 e. The molecule has 1 rings (SSSR count). The fourth-order valence-corrected chi connectivity index (χ4v) is 2.73. The van der Waals surface area contributed by atoms with Gasteiger partial charge >= 0.3 is 0 Å². The fourth-order valence-electron chi connectivity index (χ4n) is 2.73. The highest BCUT2D eigenvalue weighted by atomic mass is 16.2. The van der Waals surface area contributed by atoms with Crippen molar-refractivity contribution in [2.75, 3.05) is 19.6 Å². The van der Waals surface area contributed by atoms with Crippen molar-refractivity contribution >= 4 is 5.91 Å². The van der Waals surface area contributed by atoms with Crippen LogP contribution in [0.3, 0.4) is 0 Å². The van der Waals surface area contributed by atoms with E-state index in [-0.39, 0.29) is 11.4 Å². The molecule has 1 aliphatic rings. The molecule has 4 nitrogen and oxygen atoms in total. The number of carbonyl (C=O) groups is 1. The molecule has 0 aromatic carbocycles. The number of nitrogens with zero attached hydrogens (tertiary/aromatic N) is 1. The van der Waals surface area contributed by atoms with Gasteiger partial charge in [0.2, 0.25) is 5.91 Å². The van der Waals surface area contributed by atoms with Gasteiger partial charge in [-0.2, -0.15) is 0 Å². The normalized spacial score (nSPS) is 23.8. The maximum absolute atomic E-state index is 12.4. The summed E-state index contributed by atoms with van der Waals surface area (Å²) in [6.45, 7) is 17.3. The van der Waals surface area contributed by atoms with Gasteiger partial charge < -0.3 is 10.2 Å². The zero-order valence-corrected chi connectivity index (χ0v) is 13.6. The zero-order chi connectivity index (χ0) is 14.8. The van der Waals surface area contributed by atoms with E-state index in [4.69, 9.17) is 0 Å². The van der Waals surface area contributed by atoms with E-state index in [1.807, 2.05) is 18.7 Å². The summed E-state index contributed by atoms with van der Waals surface area (Å²) < 4.78 is 0. The molecule has 1 atom stereocenters. The van der Waals surface area contributed by atoms with Gasteiger partial charge in [-0.3, -0.25) is 10.1 Å². The molecule has 1 amide bonds. The Kier molecular flexibility index (Phi) is 5.02. The van der Waals surface area contributed by atoms with Gasteiger partial charge in [-0.25, -0.2) is 0 Å². The van der Waals surface area contributed by atoms with E-state index in [1.165, 1.54) is 0 Å². The van der Waals surface area contributed by atoms with Gasteiger partial charge in [-0.1, -0.05) is 13.8 Å². The van der Waals surface area contributed by atoms with Gasteiger partial charge in [-0.05, 0) is 40.5 Å². The molecular formula is C15H31N3O. The van der Waals surface area contributed by atoms with E-state index in [2.05, 4.69) is 45.3 Å². The lowest BCUT2D eigenvalue weighted by Crippen LogP contribution is -2.70. The fraction of sp³-hybridized carbons (Fsp3) is 0.933. The minimum absolute atomic E-state index is 0.0267. The minimum Gasteiger partial charge on any atom is -0.338 e. The first-order valence-electron chi connectivity index (χ1n) is 7.37. The highest BCUT2D eigenvalue weighted by molar-refractivity contribution is 5.86. The largest absolute Gasteiger partial charge is 0.338 e. The van der Waals surface area contributed by atoms with E-state index in [0.717, 1.165) is 19.6 Å². The van der Waals surface area contributed by atoms with Crippen molar-refractivity contribution in [2.45, 2.75) is 65.6 Å². The van der Waals surface area contributed by atoms with Crippen molar-refractivity contribution in [2.24, 2.45) is 5.92 Å². The number of carbonyl (C=O) groups excluding carboxylic acids is 1. The average Bonchev–Trinajstić information content (AvgIpc) is 2.23. The molecule has 0 saturated carbocycles. The predicted octanol–water partition coefficient (Wildman–Crippen LogP) is 1.61. The van der Waals surface area contributed by atoms with Crippen LogP contribution in [0.15, 0.2) is 0 Å². The lowest BCUT2D eigenvalue weighted by molar-refractivity contribution is -0.143. The first-order valence-corrected chi connectivity index (χ1v) is 7.37. The van der Waals surface area contributed by atoms with Crippen LogP contribution in [0.2, 0.25) is 0 Å². The lowest BCUT2D eigenvalue weighted by atomic mass is 9.90. The minimum atomic E-state index is -0.467. The molecule has 1 aliphatic heterocycles. The summed E-state index contributed by atoms with van der Waals surface area (Å²) >= 11 is 0. The average molecular weight is 269 g/mol. The summed E-state index contributed by atoms with van der Waals surface area (Å²) in [7, 11) is 0. The van der Waals surface area contributed by atoms with Gasteiger partial charge in [0, 0.05) is 31.2 Å². The second-order valence-corrected chi connectivity index (χ2v) is 7.35. The Labute approximate surface area is 118 Å². The highest BCUT2D eigenvalue weighted by Crippen LogP contribution is 2.21. The van der Waals surface area contributed by atoms with Gasteiger partial charge in [0.25, 0.3) is 0 Å². The highest BCUT2D eigenvalue weighted by Gasteiger charge is 2.42. The summed E-state index contributed by atoms with van der Waals surface area (Å²) in [4.78, 5) is 14.4. The summed E-state index contributed by atoms with van der Waals surface area (Å²) in [6, 6.07) is 0.485. The topological polar surface area (TPSA) is 44.4 Å². The maximum Gasteiger partial charge on any atom is 0.242 e. The lowest BCUT2D eigenvalue weighted by Gasteiger charge is -2.47. The SMILES string of the molecule is CC(C)C(C)NCCN1CC(C)(C)NC(C)(C)C1=O. The monoisotopic (exact) mass is 269 g/mol. The Balaban J connectivity index is 2.55. The molecule has 0 spiro atoms. The third kappa shape index (κ3) is 4.46. The van der Waals surface area contributed by atoms with Crippen molar-refractivity contribution in [3.63, 3.8) is 0 Å². The first-order chi connectivity index (χ1) is 8.55. The van der Waals surface area contributed by atoms with Crippen molar-refractivity contribution in [1.29, 1.82) is 0 Å².